The van der Waals surface area contributed by atoms with Crippen molar-refractivity contribution in [2.24, 2.45) is 5.73 Å². The number of rotatable bonds is 5. The Morgan fingerprint density at radius 2 is 1.83 bits per heavy atom. The maximum atomic E-state index is 12.0. The third-order valence-electron chi connectivity index (χ3n) is 2.79. The van der Waals surface area contributed by atoms with Crippen LogP contribution in [0, 0.1) is 0 Å². The first-order valence-corrected chi connectivity index (χ1v) is 5.98. The summed E-state index contributed by atoms with van der Waals surface area (Å²) in [5, 5.41) is 0. The van der Waals surface area contributed by atoms with Crippen LogP contribution in [0.4, 0.5) is 0 Å². The maximum absolute atomic E-state index is 12.0. The highest BCUT2D eigenvalue weighted by Gasteiger charge is 2.14. The predicted molar refractivity (Wildman–Crippen MR) is 71.1 cm³/mol. The first kappa shape index (κ1) is 12.5. The zero-order valence-corrected chi connectivity index (χ0v) is 10.1. The molecule has 2 N–H and O–H groups in total. The van der Waals surface area contributed by atoms with Crippen LogP contribution in [-0.2, 0) is 17.6 Å². The highest BCUT2D eigenvalue weighted by atomic mass is 16.1. The summed E-state index contributed by atoms with van der Waals surface area (Å²) < 4.78 is 0. The predicted octanol–water partition coefficient (Wildman–Crippen LogP) is 1.76. The Morgan fingerprint density at radius 1 is 1.11 bits per heavy atom. The van der Waals surface area contributed by atoms with Crippen molar-refractivity contribution < 1.29 is 4.79 Å². The molecule has 0 radical (unpaired) electrons. The minimum atomic E-state index is -0.464. The fourth-order valence-corrected chi connectivity index (χ4v) is 1.79. The summed E-state index contributed by atoms with van der Waals surface area (Å²) in [6.45, 7) is 0. The van der Waals surface area contributed by atoms with E-state index in [1.165, 1.54) is 0 Å². The SMILES string of the molecule is NC(Cc1ccccc1)C(=O)Cc1ccccn1. The molecule has 0 saturated carbocycles. The lowest BCUT2D eigenvalue weighted by molar-refractivity contribution is -0.119. The van der Waals surface area contributed by atoms with Crippen molar-refractivity contribution in [1.29, 1.82) is 0 Å². The van der Waals surface area contributed by atoms with E-state index < -0.39 is 6.04 Å². The number of carbonyl (C=O) groups excluding carboxylic acids is 1. The van der Waals surface area contributed by atoms with Crippen LogP contribution in [0.3, 0.4) is 0 Å². The molecule has 0 spiro atoms. The molecule has 1 aromatic carbocycles. The van der Waals surface area contributed by atoms with E-state index in [0.29, 0.717) is 12.8 Å². The van der Waals surface area contributed by atoms with Gasteiger partial charge in [0.1, 0.15) is 0 Å². The molecule has 1 atom stereocenters. The molecule has 2 aromatic rings. The van der Waals surface area contributed by atoms with Crippen molar-refractivity contribution in [1.82, 2.24) is 4.98 Å². The summed E-state index contributed by atoms with van der Waals surface area (Å²) in [5.41, 5.74) is 7.77. The summed E-state index contributed by atoms with van der Waals surface area (Å²) in [4.78, 5) is 16.1. The van der Waals surface area contributed by atoms with Crippen molar-refractivity contribution in [2.45, 2.75) is 18.9 Å². The van der Waals surface area contributed by atoms with Crippen molar-refractivity contribution in [2.75, 3.05) is 0 Å². The van der Waals surface area contributed by atoms with Gasteiger partial charge in [0.05, 0.1) is 12.5 Å². The van der Waals surface area contributed by atoms with E-state index in [9.17, 15) is 4.79 Å². The second-order valence-electron chi connectivity index (χ2n) is 4.26. The summed E-state index contributed by atoms with van der Waals surface area (Å²) >= 11 is 0. The number of carbonyl (C=O) groups is 1. The molecule has 0 aliphatic heterocycles. The van der Waals surface area contributed by atoms with E-state index in [1.54, 1.807) is 6.20 Å². The van der Waals surface area contributed by atoms with Gasteiger partial charge in [-0.25, -0.2) is 0 Å². The average Bonchev–Trinajstić information content (AvgIpc) is 2.41. The summed E-state index contributed by atoms with van der Waals surface area (Å²) in [5.74, 6) is 0.0255. The molecule has 92 valence electrons. The number of hydrogen-bond acceptors (Lipinski definition) is 3. The zero-order chi connectivity index (χ0) is 12.8. The molecular weight excluding hydrogens is 224 g/mol. The van der Waals surface area contributed by atoms with Gasteiger partial charge in [-0.2, -0.15) is 0 Å². The van der Waals surface area contributed by atoms with Crippen LogP contribution >= 0.6 is 0 Å². The van der Waals surface area contributed by atoms with Gasteiger partial charge >= 0.3 is 0 Å². The molecule has 0 aliphatic carbocycles. The molecule has 0 aliphatic rings. The summed E-state index contributed by atoms with van der Waals surface area (Å²) in [6.07, 6.45) is 2.56. The lowest BCUT2D eigenvalue weighted by atomic mass is 10.0. The van der Waals surface area contributed by atoms with Crippen molar-refractivity contribution >= 4 is 5.78 Å². The van der Waals surface area contributed by atoms with Gasteiger partial charge in [-0.1, -0.05) is 36.4 Å². The van der Waals surface area contributed by atoms with E-state index in [4.69, 9.17) is 5.73 Å². The molecule has 0 fully saturated rings. The van der Waals surface area contributed by atoms with E-state index in [1.807, 2.05) is 48.5 Å². The van der Waals surface area contributed by atoms with Crippen molar-refractivity contribution in [3.63, 3.8) is 0 Å². The minimum Gasteiger partial charge on any atom is -0.321 e. The Hall–Kier alpha value is -2.00. The quantitative estimate of drug-likeness (QED) is 0.866. The van der Waals surface area contributed by atoms with Gasteiger partial charge in [-0.05, 0) is 24.1 Å². The maximum Gasteiger partial charge on any atom is 0.155 e. The molecule has 2 rings (SSSR count). The van der Waals surface area contributed by atoms with E-state index in [-0.39, 0.29) is 5.78 Å². The van der Waals surface area contributed by atoms with Crippen LogP contribution in [0.25, 0.3) is 0 Å². The van der Waals surface area contributed by atoms with Crippen molar-refractivity contribution in [3.05, 3.63) is 66.0 Å². The first-order valence-electron chi connectivity index (χ1n) is 5.98. The fourth-order valence-electron chi connectivity index (χ4n) is 1.79. The van der Waals surface area contributed by atoms with Gasteiger partial charge in [0.15, 0.2) is 5.78 Å². The van der Waals surface area contributed by atoms with Gasteiger partial charge in [0.25, 0.3) is 0 Å². The number of benzene rings is 1. The molecule has 1 aromatic heterocycles. The van der Waals surface area contributed by atoms with Gasteiger partial charge in [0.2, 0.25) is 0 Å². The average molecular weight is 240 g/mol. The van der Waals surface area contributed by atoms with Crippen molar-refractivity contribution in [3.8, 4) is 0 Å². The number of pyridine rings is 1. The molecule has 3 heteroatoms. The molecule has 0 saturated heterocycles. The fraction of sp³-hybridized carbons (Fsp3) is 0.200. The number of hydrogen-bond donors (Lipinski definition) is 1. The topological polar surface area (TPSA) is 56.0 Å². The second-order valence-corrected chi connectivity index (χ2v) is 4.26. The Morgan fingerprint density at radius 3 is 2.50 bits per heavy atom. The summed E-state index contributed by atoms with van der Waals surface area (Å²) in [7, 11) is 0. The number of Topliss-reactive ketones (excluding diaryl/α,β-unsaturated/α-hetero) is 1. The van der Waals surface area contributed by atoms with Gasteiger partial charge < -0.3 is 5.73 Å². The normalized spacial score (nSPS) is 12.1. The lowest BCUT2D eigenvalue weighted by Crippen LogP contribution is -2.34. The highest BCUT2D eigenvalue weighted by molar-refractivity contribution is 5.85. The van der Waals surface area contributed by atoms with Crippen LogP contribution < -0.4 is 5.73 Å². The Kier molecular flexibility index (Phi) is 4.20. The molecular formula is C15H16N2O. The minimum absolute atomic E-state index is 0.0255. The second kappa shape index (κ2) is 6.07. The largest absolute Gasteiger partial charge is 0.321 e. The Bertz CT molecular complexity index is 496. The molecule has 1 unspecified atom stereocenters. The standard InChI is InChI=1S/C15H16N2O/c16-14(10-12-6-2-1-3-7-12)15(18)11-13-8-4-5-9-17-13/h1-9,14H,10-11,16H2. The van der Waals surface area contributed by atoms with E-state index in [0.717, 1.165) is 11.3 Å². The smallest absolute Gasteiger partial charge is 0.155 e. The zero-order valence-electron chi connectivity index (χ0n) is 10.1. The lowest BCUT2D eigenvalue weighted by Gasteiger charge is -2.10. The number of nitrogens with zero attached hydrogens (tertiary/aromatic N) is 1. The van der Waals surface area contributed by atoms with Gasteiger partial charge in [0, 0.05) is 11.9 Å². The van der Waals surface area contributed by atoms with Crippen LogP contribution in [0.1, 0.15) is 11.3 Å². The Balaban J connectivity index is 1.93. The van der Waals surface area contributed by atoms with Crippen LogP contribution in [0.2, 0.25) is 0 Å². The van der Waals surface area contributed by atoms with Crippen LogP contribution in [-0.4, -0.2) is 16.8 Å². The number of ketones is 1. The Labute approximate surface area is 107 Å². The summed E-state index contributed by atoms with van der Waals surface area (Å²) in [6, 6.07) is 14.9. The molecule has 0 amide bonds. The highest BCUT2D eigenvalue weighted by Crippen LogP contribution is 2.05. The third kappa shape index (κ3) is 3.50. The van der Waals surface area contributed by atoms with Gasteiger partial charge in [-0.3, -0.25) is 9.78 Å². The van der Waals surface area contributed by atoms with E-state index in [2.05, 4.69) is 4.98 Å². The van der Waals surface area contributed by atoms with Crippen LogP contribution in [0.15, 0.2) is 54.7 Å². The molecule has 18 heavy (non-hydrogen) atoms. The molecule has 1 heterocycles. The number of nitrogens with two attached hydrogens (primary N) is 1. The third-order valence-corrected chi connectivity index (χ3v) is 2.79. The monoisotopic (exact) mass is 240 g/mol. The molecule has 3 nitrogen and oxygen atoms in total. The molecule has 0 bridgehead atoms. The first-order chi connectivity index (χ1) is 8.75. The van der Waals surface area contributed by atoms with Gasteiger partial charge in [-0.15, -0.1) is 0 Å². The number of aromatic nitrogens is 1. The van der Waals surface area contributed by atoms with Crippen LogP contribution in [0.5, 0.6) is 0 Å². The van der Waals surface area contributed by atoms with E-state index >= 15 is 0 Å².